The molecule has 2 saturated heterocycles. The van der Waals surface area contributed by atoms with Crippen molar-refractivity contribution in [2.75, 3.05) is 57.8 Å². The summed E-state index contributed by atoms with van der Waals surface area (Å²) in [6.07, 6.45) is 10.4. The maximum absolute atomic E-state index is 4.74. The molecule has 0 unspecified atom stereocenters. The van der Waals surface area contributed by atoms with Crippen LogP contribution in [0.2, 0.25) is 0 Å². The SMILES string of the molecule is CCN1CCN(c2ccc(CNC(=NC)N3CCC4(CCCCC4)C3)cn2)CC1.I. The Balaban J connectivity index is 0.00000256. The molecule has 30 heavy (non-hydrogen) atoms. The van der Waals surface area contributed by atoms with Gasteiger partial charge in [0.25, 0.3) is 0 Å². The monoisotopic (exact) mass is 526 g/mol. The van der Waals surface area contributed by atoms with Gasteiger partial charge < -0.3 is 20.0 Å². The number of anilines is 1. The smallest absolute Gasteiger partial charge is 0.193 e. The zero-order valence-electron chi connectivity index (χ0n) is 18.8. The Bertz CT molecular complexity index is 677. The largest absolute Gasteiger partial charge is 0.354 e. The molecule has 168 valence electrons. The first kappa shape index (κ1) is 23.6. The molecule has 1 aromatic rings. The highest BCUT2D eigenvalue weighted by atomic mass is 127. The van der Waals surface area contributed by atoms with E-state index in [0.717, 1.165) is 57.6 Å². The molecule has 2 aliphatic heterocycles. The lowest BCUT2D eigenvalue weighted by molar-refractivity contribution is 0.203. The molecule has 0 amide bonds. The summed E-state index contributed by atoms with van der Waals surface area (Å²) in [5.74, 6) is 2.15. The van der Waals surface area contributed by atoms with Crippen molar-refractivity contribution in [1.29, 1.82) is 0 Å². The summed E-state index contributed by atoms with van der Waals surface area (Å²) in [4.78, 5) is 16.7. The summed E-state index contributed by atoms with van der Waals surface area (Å²) < 4.78 is 0. The Morgan fingerprint density at radius 2 is 1.83 bits per heavy atom. The zero-order valence-corrected chi connectivity index (χ0v) is 21.1. The van der Waals surface area contributed by atoms with Crippen molar-refractivity contribution in [2.24, 2.45) is 10.4 Å². The molecule has 1 aliphatic carbocycles. The molecule has 0 radical (unpaired) electrons. The molecule has 3 aliphatic rings. The average Bonchev–Trinajstić information content (AvgIpc) is 3.18. The number of rotatable bonds is 4. The van der Waals surface area contributed by atoms with E-state index in [9.17, 15) is 0 Å². The number of guanidine groups is 1. The number of piperazine rings is 1. The third-order valence-corrected chi connectivity index (χ3v) is 7.27. The minimum atomic E-state index is 0. The van der Waals surface area contributed by atoms with E-state index in [0.29, 0.717) is 5.41 Å². The van der Waals surface area contributed by atoms with Crippen LogP contribution in [0.3, 0.4) is 0 Å². The summed E-state index contributed by atoms with van der Waals surface area (Å²) >= 11 is 0. The van der Waals surface area contributed by atoms with Gasteiger partial charge >= 0.3 is 0 Å². The van der Waals surface area contributed by atoms with Crippen LogP contribution in [-0.4, -0.2) is 73.6 Å². The lowest BCUT2D eigenvalue weighted by atomic mass is 9.73. The van der Waals surface area contributed by atoms with E-state index < -0.39 is 0 Å². The predicted molar refractivity (Wildman–Crippen MR) is 136 cm³/mol. The Hall–Kier alpha value is -1.09. The highest BCUT2D eigenvalue weighted by Gasteiger charge is 2.39. The first-order valence-corrected chi connectivity index (χ1v) is 11.6. The molecule has 3 heterocycles. The van der Waals surface area contributed by atoms with Gasteiger partial charge in [0.2, 0.25) is 0 Å². The highest BCUT2D eigenvalue weighted by Crippen LogP contribution is 2.43. The van der Waals surface area contributed by atoms with Gasteiger partial charge in [-0.2, -0.15) is 0 Å². The number of pyridine rings is 1. The molecule has 1 aromatic heterocycles. The van der Waals surface area contributed by atoms with Crippen molar-refractivity contribution >= 4 is 35.8 Å². The Labute approximate surface area is 199 Å². The van der Waals surface area contributed by atoms with Crippen LogP contribution in [-0.2, 0) is 6.54 Å². The van der Waals surface area contributed by atoms with Crippen LogP contribution in [0.4, 0.5) is 5.82 Å². The second-order valence-corrected chi connectivity index (χ2v) is 9.08. The molecule has 1 saturated carbocycles. The van der Waals surface area contributed by atoms with Crippen LogP contribution in [0.15, 0.2) is 23.3 Å². The Morgan fingerprint density at radius 1 is 1.07 bits per heavy atom. The van der Waals surface area contributed by atoms with E-state index in [-0.39, 0.29) is 24.0 Å². The third kappa shape index (κ3) is 5.58. The third-order valence-electron chi connectivity index (χ3n) is 7.27. The number of likely N-dealkylation sites (N-methyl/N-ethyl adjacent to an activating group) is 1. The minimum absolute atomic E-state index is 0. The van der Waals surface area contributed by atoms with Crippen molar-refractivity contribution in [1.82, 2.24) is 20.1 Å². The maximum atomic E-state index is 4.74. The molecular formula is C23H39IN6. The predicted octanol–water partition coefficient (Wildman–Crippen LogP) is 3.57. The zero-order chi connectivity index (χ0) is 20.1. The van der Waals surface area contributed by atoms with Crippen LogP contribution in [0.5, 0.6) is 0 Å². The lowest BCUT2D eigenvalue weighted by Gasteiger charge is -2.34. The van der Waals surface area contributed by atoms with E-state index in [4.69, 9.17) is 4.98 Å². The fraction of sp³-hybridized carbons (Fsp3) is 0.739. The molecule has 4 rings (SSSR count). The molecule has 1 spiro atoms. The van der Waals surface area contributed by atoms with E-state index in [1.807, 2.05) is 13.2 Å². The Kier molecular flexibility index (Phi) is 8.62. The first-order chi connectivity index (χ1) is 14.2. The molecular weight excluding hydrogens is 487 g/mol. The molecule has 6 nitrogen and oxygen atoms in total. The van der Waals surface area contributed by atoms with Crippen molar-refractivity contribution in [3.63, 3.8) is 0 Å². The van der Waals surface area contributed by atoms with Gasteiger partial charge in [-0.1, -0.05) is 32.3 Å². The van der Waals surface area contributed by atoms with Crippen molar-refractivity contribution in [2.45, 2.75) is 52.0 Å². The van der Waals surface area contributed by atoms with E-state index >= 15 is 0 Å². The van der Waals surface area contributed by atoms with Gasteiger partial charge in [-0.15, -0.1) is 24.0 Å². The van der Waals surface area contributed by atoms with Gasteiger partial charge in [-0.05, 0) is 42.9 Å². The van der Waals surface area contributed by atoms with E-state index in [1.165, 1.54) is 50.6 Å². The lowest BCUT2D eigenvalue weighted by Crippen LogP contribution is -2.46. The van der Waals surface area contributed by atoms with Crippen molar-refractivity contribution in [3.8, 4) is 0 Å². The summed E-state index contributed by atoms with van der Waals surface area (Å²) in [6.45, 7) is 10.9. The highest BCUT2D eigenvalue weighted by molar-refractivity contribution is 14.0. The standard InChI is InChI=1S/C23H38N6.HI/c1-3-27-13-15-28(16-14-27)21-8-7-20(17-25-21)18-26-22(24-2)29-12-11-23(19-29)9-5-4-6-10-23;/h7-8,17H,3-6,9-16,18-19H2,1-2H3,(H,24,26);1H. The number of aromatic nitrogens is 1. The normalized spacial score (nSPS) is 22.3. The van der Waals surface area contributed by atoms with Crippen LogP contribution in [0.25, 0.3) is 0 Å². The quantitative estimate of drug-likeness (QED) is 0.370. The second-order valence-electron chi connectivity index (χ2n) is 9.08. The number of hydrogen-bond donors (Lipinski definition) is 1. The first-order valence-electron chi connectivity index (χ1n) is 11.6. The van der Waals surface area contributed by atoms with Crippen LogP contribution >= 0.6 is 24.0 Å². The fourth-order valence-corrected chi connectivity index (χ4v) is 5.34. The summed E-state index contributed by atoms with van der Waals surface area (Å²) in [7, 11) is 1.91. The number of halogens is 1. The summed E-state index contributed by atoms with van der Waals surface area (Å²) in [5.41, 5.74) is 1.77. The second kappa shape index (κ2) is 11.0. The summed E-state index contributed by atoms with van der Waals surface area (Å²) in [5, 5.41) is 3.58. The van der Waals surface area contributed by atoms with Gasteiger partial charge in [0.05, 0.1) is 0 Å². The molecule has 0 aromatic carbocycles. The van der Waals surface area contributed by atoms with Gasteiger partial charge in [0, 0.05) is 59.1 Å². The molecule has 0 bridgehead atoms. The van der Waals surface area contributed by atoms with E-state index in [1.54, 1.807) is 0 Å². The average molecular weight is 527 g/mol. The number of likely N-dealkylation sites (tertiary alicyclic amines) is 1. The van der Waals surface area contributed by atoms with E-state index in [2.05, 4.69) is 44.1 Å². The summed E-state index contributed by atoms with van der Waals surface area (Å²) in [6, 6.07) is 4.38. The maximum Gasteiger partial charge on any atom is 0.193 e. The number of nitrogens with zero attached hydrogens (tertiary/aromatic N) is 5. The molecule has 1 N–H and O–H groups in total. The van der Waals surface area contributed by atoms with Crippen LogP contribution in [0, 0.1) is 5.41 Å². The Morgan fingerprint density at radius 3 is 2.47 bits per heavy atom. The fourth-order valence-electron chi connectivity index (χ4n) is 5.34. The molecule has 0 atom stereocenters. The van der Waals surface area contributed by atoms with Gasteiger partial charge in [-0.25, -0.2) is 4.98 Å². The van der Waals surface area contributed by atoms with Crippen molar-refractivity contribution < 1.29 is 0 Å². The van der Waals surface area contributed by atoms with Gasteiger partial charge in [-0.3, -0.25) is 4.99 Å². The van der Waals surface area contributed by atoms with Crippen molar-refractivity contribution in [3.05, 3.63) is 23.9 Å². The topological polar surface area (TPSA) is 47.0 Å². The number of nitrogens with one attached hydrogen (secondary N) is 1. The van der Waals surface area contributed by atoms with Crippen LogP contribution in [0.1, 0.15) is 51.0 Å². The van der Waals surface area contributed by atoms with Gasteiger partial charge in [0.1, 0.15) is 5.82 Å². The molecule has 3 fully saturated rings. The van der Waals surface area contributed by atoms with Crippen LogP contribution < -0.4 is 10.2 Å². The minimum Gasteiger partial charge on any atom is -0.354 e. The van der Waals surface area contributed by atoms with Gasteiger partial charge in [0.15, 0.2) is 5.96 Å². The number of hydrogen-bond acceptors (Lipinski definition) is 4. The molecule has 7 heteroatoms. The number of aliphatic imine (C=N–C) groups is 1.